The SMILES string of the molecule is NCCC1CCN(c2ncc(C(F)(F)F)cc2Cl)CC1. The molecule has 0 aromatic carbocycles. The first kappa shape index (κ1) is 15.4. The van der Waals surface area contributed by atoms with Crippen LogP contribution >= 0.6 is 11.6 Å². The highest BCUT2D eigenvalue weighted by Crippen LogP contribution is 2.34. The van der Waals surface area contributed by atoms with Gasteiger partial charge in [0, 0.05) is 19.3 Å². The molecule has 0 aliphatic carbocycles. The van der Waals surface area contributed by atoms with Crippen molar-refractivity contribution in [2.75, 3.05) is 24.5 Å². The zero-order valence-electron chi connectivity index (χ0n) is 11.0. The van der Waals surface area contributed by atoms with E-state index >= 15 is 0 Å². The van der Waals surface area contributed by atoms with Gasteiger partial charge < -0.3 is 10.6 Å². The van der Waals surface area contributed by atoms with Crippen LogP contribution in [0.4, 0.5) is 19.0 Å². The molecule has 0 atom stereocenters. The molecule has 2 heterocycles. The van der Waals surface area contributed by atoms with E-state index in [1.807, 2.05) is 4.90 Å². The van der Waals surface area contributed by atoms with Crippen molar-refractivity contribution in [3.05, 3.63) is 22.8 Å². The van der Waals surface area contributed by atoms with Crippen molar-refractivity contribution in [3.63, 3.8) is 0 Å². The molecule has 0 saturated carbocycles. The van der Waals surface area contributed by atoms with Crippen molar-refractivity contribution in [2.24, 2.45) is 11.7 Å². The molecule has 0 unspecified atom stereocenters. The highest BCUT2D eigenvalue weighted by Gasteiger charge is 2.32. The number of rotatable bonds is 3. The van der Waals surface area contributed by atoms with Gasteiger partial charge in [0.1, 0.15) is 5.82 Å². The summed E-state index contributed by atoms with van der Waals surface area (Å²) >= 11 is 5.94. The number of hydrogen-bond donors (Lipinski definition) is 1. The Morgan fingerprint density at radius 2 is 2.00 bits per heavy atom. The number of halogens is 4. The molecule has 0 bridgehead atoms. The molecule has 0 radical (unpaired) electrons. The summed E-state index contributed by atoms with van der Waals surface area (Å²) in [5.74, 6) is 1.02. The predicted molar refractivity (Wildman–Crippen MR) is 72.9 cm³/mol. The molecule has 1 aromatic rings. The van der Waals surface area contributed by atoms with Crippen LogP contribution in [0.2, 0.25) is 5.02 Å². The number of alkyl halides is 3. The van der Waals surface area contributed by atoms with Gasteiger partial charge in [0.25, 0.3) is 0 Å². The van der Waals surface area contributed by atoms with Gasteiger partial charge in [0.05, 0.1) is 10.6 Å². The van der Waals surface area contributed by atoms with Crippen LogP contribution in [0.3, 0.4) is 0 Å². The highest BCUT2D eigenvalue weighted by molar-refractivity contribution is 6.33. The van der Waals surface area contributed by atoms with Crippen LogP contribution in [0, 0.1) is 5.92 Å². The van der Waals surface area contributed by atoms with Crippen LogP contribution in [-0.4, -0.2) is 24.6 Å². The maximum atomic E-state index is 12.6. The zero-order chi connectivity index (χ0) is 14.8. The van der Waals surface area contributed by atoms with Crippen LogP contribution < -0.4 is 10.6 Å². The number of piperidine rings is 1. The van der Waals surface area contributed by atoms with Crippen LogP contribution in [-0.2, 0) is 6.18 Å². The van der Waals surface area contributed by atoms with Crippen molar-refractivity contribution in [1.29, 1.82) is 0 Å². The minimum absolute atomic E-state index is 0.0529. The Bertz CT molecular complexity index is 457. The van der Waals surface area contributed by atoms with Crippen molar-refractivity contribution in [1.82, 2.24) is 4.98 Å². The lowest BCUT2D eigenvalue weighted by molar-refractivity contribution is -0.137. The van der Waals surface area contributed by atoms with Gasteiger partial charge in [-0.3, -0.25) is 0 Å². The molecular weight excluding hydrogens is 291 g/mol. The average molecular weight is 308 g/mol. The molecule has 112 valence electrons. The molecule has 2 N–H and O–H groups in total. The monoisotopic (exact) mass is 307 g/mol. The van der Waals surface area contributed by atoms with Gasteiger partial charge in [-0.15, -0.1) is 0 Å². The first-order chi connectivity index (χ1) is 9.41. The number of aromatic nitrogens is 1. The normalized spacial score (nSPS) is 17.6. The fraction of sp³-hybridized carbons (Fsp3) is 0.615. The Hall–Kier alpha value is -1.01. The molecule has 3 nitrogen and oxygen atoms in total. The van der Waals surface area contributed by atoms with Crippen molar-refractivity contribution in [3.8, 4) is 0 Å². The van der Waals surface area contributed by atoms with Crippen LogP contribution in [0.15, 0.2) is 12.3 Å². The summed E-state index contributed by atoms with van der Waals surface area (Å²) < 4.78 is 37.7. The van der Waals surface area contributed by atoms with Crippen molar-refractivity contribution < 1.29 is 13.2 Å². The Morgan fingerprint density at radius 3 is 2.50 bits per heavy atom. The maximum Gasteiger partial charge on any atom is 0.417 e. The van der Waals surface area contributed by atoms with Crippen LogP contribution in [0.25, 0.3) is 0 Å². The first-order valence-corrected chi connectivity index (χ1v) is 6.97. The number of nitrogens with two attached hydrogens (primary N) is 1. The summed E-state index contributed by atoms with van der Waals surface area (Å²) in [6, 6.07) is 0.940. The molecule has 1 aliphatic heterocycles. The Kier molecular flexibility index (Phi) is 4.75. The van der Waals surface area contributed by atoms with E-state index in [1.165, 1.54) is 0 Å². The van der Waals surface area contributed by atoms with Crippen LogP contribution in [0.5, 0.6) is 0 Å². The lowest BCUT2D eigenvalue weighted by Crippen LogP contribution is -2.35. The Morgan fingerprint density at radius 1 is 1.35 bits per heavy atom. The molecular formula is C13H17ClF3N3. The molecule has 0 spiro atoms. The number of anilines is 1. The number of nitrogens with zero attached hydrogens (tertiary/aromatic N) is 2. The van der Waals surface area contributed by atoms with Gasteiger partial charge in [-0.1, -0.05) is 11.6 Å². The first-order valence-electron chi connectivity index (χ1n) is 6.59. The van der Waals surface area contributed by atoms with E-state index in [4.69, 9.17) is 17.3 Å². The van der Waals surface area contributed by atoms with E-state index in [2.05, 4.69) is 4.98 Å². The van der Waals surface area contributed by atoms with Crippen molar-refractivity contribution in [2.45, 2.75) is 25.4 Å². The Labute approximate surface area is 120 Å². The fourth-order valence-corrected chi connectivity index (χ4v) is 2.77. The predicted octanol–water partition coefficient (Wildman–Crippen LogP) is 3.32. The Balaban J connectivity index is 2.07. The molecule has 2 rings (SSSR count). The van der Waals surface area contributed by atoms with E-state index in [1.54, 1.807) is 0 Å². The average Bonchev–Trinajstić information content (AvgIpc) is 2.39. The second kappa shape index (κ2) is 6.18. The molecule has 20 heavy (non-hydrogen) atoms. The molecule has 1 aliphatic rings. The van der Waals surface area contributed by atoms with Gasteiger partial charge in [-0.25, -0.2) is 4.98 Å². The highest BCUT2D eigenvalue weighted by atomic mass is 35.5. The van der Waals surface area contributed by atoms with E-state index in [9.17, 15) is 13.2 Å². The zero-order valence-corrected chi connectivity index (χ0v) is 11.7. The molecule has 7 heteroatoms. The second-order valence-corrected chi connectivity index (χ2v) is 5.44. The van der Waals surface area contributed by atoms with Gasteiger partial charge in [0.2, 0.25) is 0 Å². The molecule has 1 saturated heterocycles. The number of pyridine rings is 1. The summed E-state index contributed by atoms with van der Waals surface area (Å²) in [6.07, 6.45) is -0.648. The lowest BCUT2D eigenvalue weighted by atomic mass is 9.93. The largest absolute Gasteiger partial charge is 0.417 e. The third-order valence-electron chi connectivity index (χ3n) is 3.64. The summed E-state index contributed by atoms with van der Waals surface area (Å²) in [4.78, 5) is 5.83. The summed E-state index contributed by atoms with van der Waals surface area (Å²) in [7, 11) is 0. The number of hydrogen-bond acceptors (Lipinski definition) is 3. The molecule has 1 fully saturated rings. The standard InChI is InChI=1S/C13H17ClF3N3/c14-11-7-10(13(15,16)17)8-19-12(11)20-5-2-9(1-4-18)3-6-20/h7-9H,1-6,18H2. The smallest absolute Gasteiger partial charge is 0.355 e. The fourth-order valence-electron chi connectivity index (χ4n) is 2.49. The third kappa shape index (κ3) is 3.55. The summed E-state index contributed by atoms with van der Waals surface area (Å²) in [5, 5.41) is 0.0529. The molecule has 0 amide bonds. The van der Waals surface area contributed by atoms with Gasteiger partial charge in [0.15, 0.2) is 0 Å². The van der Waals surface area contributed by atoms with Crippen LogP contribution in [0.1, 0.15) is 24.8 Å². The van der Waals surface area contributed by atoms with E-state index in [-0.39, 0.29) is 5.02 Å². The van der Waals surface area contributed by atoms with Crippen molar-refractivity contribution >= 4 is 17.4 Å². The summed E-state index contributed by atoms with van der Waals surface area (Å²) in [5.41, 5.74) is 4.72. The minimum Gasteiger partial charge on any atom is -0.355 e. The third-order valence-corrected chi connectivity index (χ3v) is 3.92. The van der Waals surface area contributed by atoms with Gasteiger partial charge >= 0.3 is 6.18 Å². The lowest BCUT2D eigenvalue weighted by Gasteiger charge is -2.33. The van der Waals surface area contributed by atoms with E-state index in [0.717, 1.165) is 44.6 Å². The quantitative estimate of drug-likeness (QED) is 0.931. The topological polar surface area (TPSA) is 42.1 Å². The maximum absolute atomic E-state index is 12.6. The van der Waals surface area contributed by atoms with Gasteiger partial charge in [-0.05, 0) is 37.8 Å². The second-order valence-electron chi connectivity index (χ2n) is 5.03. The summed E-state index contributed by atoms with van der Waals surface area (Å²) in [6.45, 7) is 2.18. The minimum atomic E-state index is -4.41. The van der Waals surface area contributed by atoms with E-state index < -0.39 is 11.7 Å². The van der Waals surface area contributed by atoms with E-state index in [0.29, 0.717) is 18.3 Å². The molecule has 1 aromatic heterocycles. The van der Waals surface area contributed by atoms with Gasteiger partial charge in [-0.2, -0.15) is 13.2 Å².